The molecule has 3 heteroatoms. The highest BCUT2D eigenvalue weighted by Gasteiger charge is 2.21. The number of benzene rings is 1. The molecule has 0 spiro atoms. The molecule has 1 aliphatic carbocycles. The first-order valence-electron chi connectivity index (χ1n) is 5.76. The van der Waals surface area contributed by atoms with Crippen molar-refractivity contribution in [2.24, 2.45) is 0 Å². The van der Waals surface area contributed by atoms with Crippen LogP contribution in [0, 0.1) is 6.92 Å². The number of ether oxygens (including phenoxy) is 1. The van der Waals surface area contributed by atoms with E-state index in [0.29, 0.717) is 12.6 Å². The molecule has 2 rings (SSSR count). The van der Waals surface area contributed by atoms with Crippen molar-refractivity contribution < 1.29 is 9.84 Å². The summed E-state index contributed by atoms with van der Waals surface area (Å²) in [5, 5.41) is 13.3. The third kappa shape index (κ3) is 2.74. The van der Waals surface area contributed by atoms with Crippen molar-refractivity contribution in [2.45, 2.75) is 31.9 Å². The number of rotatable bonds is 5. The van der Waals surface area contributed by atoms with Gasteiger partial charge in [0.05, 0.1) is 13.2 Å². The first-order chi connectivity index (χ1) is 7.70. The molecule has 0 amide bonds. The van der Waals surface area contributed by atoms with Gasteiger partial charge in [-0.25, -0.2) is 0 Å². The summed E-state index contributed by atoms with van der Waals surface area (Å²) >= 11 is 0. The number of aliphatic hydroxyl groups is 1. The lowest BCUT2D eigenvalue weighted by Crippen LogP contribution is -2.23. The molecule has 0 saturated heterocycles. The molecule has 88 valence electrons. The van der Waals surface area contributed by atoms with E-state index in [1.54, 1.807) is 7.11 Å². The molecule has 1 fully saturated rings. The van der Waals surface area contributed by atoms with E-state index >= 15 is 0 Å². The topological polar surface area (TPSA) is 41.5 Å². The third-order valence-electron chi connectivity index (χ3n) is 2.98. The minimum atomic E-state index is -0.426. The summed E-state index contributed by atoms with van der Waals surface area (Å²) in [6.45, 7) is 2.62. The van der Waals surface area contributed by atoms with Gasteiger partial charge >= 0.3 is 0 Å². The normalized spacial score (nSPS) is 17.2. The number of hydrogen-bond acceptors (Lipinski definition) is 3. The molecule has 1 aromatic rings. The quantitative estimate of drug-likeness (QED) is 0.796. The fourth-order valence-electron chi connectivity index (χ4n) is 1.79. The van der Waals surface area contributed by atoms with Crippen molar-refractivity contribution in [1.29, 1.82) is 0 Å². The van der Waals surface area contributed by atoms with Gasteiger partial charge in [0.1, 0.15) is 5.75 Å². The third-order valence-corrected chi connectivity index (χ3v) is 2.98. The highest BCUT2D eigenvalue weighted by Crippen LogP contribution is 2.23. The maximum atomic E-state index is 9.98. The predicted octanol–water partition coefficient (Wildman–Crippen LogP) is 1.79. The van der Waals surface area contributed by atoms with E-state index < -0.39 is 6.10 Å². The van der Waals surface area contributed by atoms with E-state index in [-0.39, 0.29) is 0 Å². The van der Waals surface area contributed by atoms with Gasteiger partial charge in [-0.1, -0.05) is 6.07 Å². The zero-order valence-electron chi connectivity index (χ0n) is 9.86. The predicted molar refractivity (Wildman–Crippen MR) is 63.7 cm³/mol. The van der Waals surface area contributed by atoms with Gasteiger partial charge in [-0.15, -0.1) is 0 Å². The minimum absolute atomic E-state index is 0.426. The van der Waals surface area contributed by atoms with Crippen molar-refractivity contribution >= 4 is 0 Å². The molecule has 1 unspecified atom stereocenters. The monoisotopic (exact) mass is 221 g/mol. The standard InChI is InChI=1S/C13H19NO2/c1-9-7-10(3-6-13(9)16-2)12(15)8-14-11-4-5-11/h3,6-7,11-12,14-15H,4-5,8H2,1-2H3. The fraction of sp³-hybridized carbons (Fsp3) is 0.538. The van der Waals surface area contributed by atoms with Crippen LogP contribution in [-0.2, 0) is 0 Å². The molecule has 16 heavy (non-hydrogen) atoms. The van der Waals surface area contributed by atoms with Crippen molar-refractivity contribution in [3.8, 4) is 5.75 Å². The Labute approximate surface area is 96.4 Å². The van der Waals surface area contributed by atoms with Gasteiger partial charge in [0.25, 0.3) is 0 Å². The summed E-state index contributed by atoms with van der Waals surface area (Å²) in [4.78, 5) is 0. The van der Waals surface area contributed by atoms with Gasteiger partial charge in [-0.05, 0) is 43.0 Å². The molecule has 0 radical (unpaired) electrons. The number of nitrogens with one attached hydrogen (secondary N) is 1. The second kappa shape index (κ2) is 4.85. The number of methoxy groups -OCH3 is 1. The first-order valence-corrected chi connectivity index (χ1v) is 5.76. The van der Waals surface area contributed by atoms with Gasteiger partial charge < -0.3 is 15.2 Å². The van der Waals surface area contributed by atoms with Crippen LogP contribution in [-0.4, -0.2) is 24.8 Å². The van der Waals surface area contributed by atoms with E-state index in [1.165, 1.54) is 12.8 Å². The average Bonchev–Trinajstić information content (AvgIpc) is 3.09. The lowest BCUT2D eigenvalue weighted by molar-refractivity contribution is 0.174. The summed E-state index contributed by atoms with van der Waals surface area (Å²) in [6.07, 6.45) is 2.06. The van der Waals surface area contributed by atoms with Gasteiger partial charge in [-0.2, -0.15) is 0 Å². The van der Waals surface area contributed by atoms with Crippen LogP contribution in [0.1, 0.15) is 30.1 Å². The van der Waals surface area contributed by atoms with E-state index in [0.717, 1.165) is 16.9 Å². The SMILES string of the molecule is COc1ccc(C(O)CNC2CC2)cc1C. The van der Waals surface area contributed by atoms with Gasteiger partial charge in [-0.3, -0.25) is 0 Å². The second-order valence-corrected chi connectivity index (χ2v) is 4.43. The minimum Gasteiger partial charge on any atom is -0.496 e. The Morgan fingerprint density at radius 2 is 2.25 bits per heavy atom. The zero-order chi connectivity index (χ0) is 11.5. The highest BCUT2D eigenvalue weighted by molar-refractivity contribution is 5.37. The molecule has 0 heterocycles. The molecule has 0 aliphatic heterocycles. The van der Waals surface area contributed by atoms with Gasteiger partial charge in [0.15, 0.2) is 0 Å². The van der Waals surface area contributed by atoms with Crippen LogP contribution in [0.4, 0.5) is 0 Å². The van der Waals surface area contributed by atoms with E-state index in [9.17, 15) is 5.11 Å². The smallest absolute Gasteiger partial charge is 0.121 e. The van der Waals surface area contributed by atoms with Gasteiger partial charge in [0.2, 0.25) is 0 Å². The van der Waals surface area contributed by atoms with Crippen LogP contribution in [0.3, 0.4) is 0 Å². The summed E-state index contributed by atoms with van der Waals surface area (Å²) in [5.41, 5.74) is 2.01. The maximum Gasteiger partial charge on any atom is 0.121 e. The Morgan fingerprint density at radius 1 is 1.50 bits per heavy atom. The number of aryl methyl sites for hydroxylation is 1. The van der Waals surface area contributed by atoms with Gasteiger partial charge in [0, 0.05) is 12.6 Å². The lowest BCUT2D eigenvalue weighted by Gasteiger charge is -2.13. The molecule has 1 aliphatic rings. The van der Waals surface area contributed by atoms with Crippen LogP contribution in [0.25, 0.3) is 0 Å². The van der Waals surface area contributed by atoms with Crippen LogP contribution in [0.2, 0.25) is 0 Å². The summed E-state index contributed by atoms with van der Waals surface area (Å²) < 4.78 is 5.19. The van der Waals surface area contributed by atoms with E-state index in [1.807, 2.05) is 25.1 Å². The molecular formula is C13H19NO2. The summed E-state index contributed by atoms with van der Waals surface area (Å²) in [7, 11) is 1.66. The van der Waals surface area contributed by atoms with E-state index in [2.05, 4.69) is 5.32 Å². The molecular weight excluding hydrogens is 202 g/mol. The van der Waals surface area contributed by atoms with Crippen molar-refractivity contribution in [2.75, 3.05) is 13.7 Å². The molecule has 1 atom stereocenters. The van der Waals surface area contributed by atoms with E-state index in [4.69, 9.17) is 4.74 Å². The lowest BCUT2D eigenvalue weighted by atomic mass is 10.1. The van der Waals surface area contributed by atoms with Crippen LogP contribution >= 0.6 is 0 Å². The summed E-state index contributed by atoms with van der Waals surface area (Å²) in [5.74, 6) is 0.867. The molecule has 2 N–H and O–H groups in total. The molecule has 1 aromatic carbocycles. The molecule has 0 aromatic heterocycles. The van der Waals surface area contributed by atoms with Crippen molar-refractivity contribution in [3.63, 3.8) is 0 Å². The average molecular weight is 221 g/mol. The van der Waals surface area contributed by atoms with Crippen LogP contribution < -0.4 is 10.1 Å². The van der Waals surface area contributed by atoms with Crippen molar-refractivity contribution in [3.05, 3.63) is 29.3 Å². The largest absolute Gasteiger partial charge is 0.496 e. The molecule has 0 bridgehead atoms. The maximum absolute atomic E-state index is 9.98. The Kier molecular flexibility index (Phi) is 3.46. The Hall–Kier alpha value is -1.06. The Morgan fingerprint density at radius 3 is 2.81 bits per heavy atom. The Balaban J connectivity index is 1.98. The molecule has 3 nitrogen and oxygen atoms in total. The highest BCUT2D eigenvalue weighted by atomic mass is 16.5. The Bertz CT molecular complexity index is 361. The zero-order valence-corrected chi connectivity index (χ0v) is 9.86. The van der Waals surface area contributed by atoms with Crippen molar-refractivity contribution in [1.82, 2.24) is 5.32 Å². The number of aliphatic hydroxyl groups excluding tert-OH is 1. The fourth-order valence-corrected chi connectivity index (χ4v) is 1.79. The summed E-state index contributed by atoms with van der Waals surface area (Å²) in [6, 6.07) is 6.45. The van der Waals surface area contributed by atoms with Crippen LogP contribution in [0.15, 0.2) is 18.2 Å². The van der Waals surface area contributed by atoms with Crippen LogP contribution in [0.5, 0.6) is 5.75 Å². The molecule has 1 saturated carbocycles. The first kappa shape index (κ1) is 11.4. The second-order valence-electron chi connectivity index (χ2n) is 4.43. The number of hydrogen-bond donors (Lipinski definition) is 2.